The molecule has 0 spiro atoms. The number of thiazole rings is 1. The summed E-state index contributed by atoms with van der Waals surface area (Å²) >= 11 is 1.04. The maximum absolute atomic E-state index is 13.2. The van der Waals surface area contributed by atoms with Crippen molar-refractivity contribution in [2.45, 2.75) is 6.54 Å². The van der Waals surface area contributed by atoms with E-state index in [9.17, 15) is 9.18 Å². The summed E-state index contributed by atoms with van der Waals surface area (Å²) in [6, 6.07) is 0. The molecule has 0 saturated carbocycles. The monoisotopic (exact) mass is 241 g/mol. The second kappa shape index (κ2) is 4.27. The van der Waals surface area contributed by atoms with E-state index in [1.165, 1.54) is 0 Å². The lowest BCUT2D eigenvalue weighted by Crippen LogP contribution is -2.07. The molecule has 84 valence electrons. The molecule has 0 bridgehead atoms. The molecule has 4 N–H and O–H groups in total. The molecule has 0 atom stereocenters. The predicted molar refractivity (Wildman–Crippen MR) is 58.7 cm³/mol. The molecule has 0 aliphatic carbocycles. The van der Waals surface area contributed by atoms with E-state index in [1.807, 2.05) is 0 Å². The second-order valence-electron chi connectivity index (χ2n) is 2.95. The summed E-state index contributed by atoms with van der Waals surface area (Å²) < 4.78 is 13.2. The third-order valence-electron chi connectivity index (χ3n) is 1.78. The molecular weight excluding hydrogens is 233 g/mol. The first-order valence-corrected chi connectivity index (χ1v) is 5.21. The van der Waals surface area contributed by atoms with Gasteiger partial charge >= 0.3 is 4.87 Å². The average Bonchev–Trinajstić information content (AvgIpc) is 2.66. The zero-order valence-electron chi connectivity index (χ0n) is 8.03. The molecule has 2 heterocycles. The lowest BCUT2D eigenvalue weighted by molar-refractivity contribution is 0.617. The molecule has 0 amide bonds. The Hall–Kier alpha value is -1.96. The van der Waals surface area contributed by atoms with Gasteiger partial charge in [0.25, 0.3) is 0 Å². The van der Waals surface area contributed by atoms with Gasteiger partial charge in [-0.05, 0) is 0 Å². The number of hydrogen-bond donors (Lipinski definition) is 3. The molecule has 2 aromatic heterocycles. The van der Waals surface area contributed by atoms with Crippen LogP contribution in [-0.2, 0) is 6.54 Å². The van der Waals surface area contributed by atoms with Crippen molar-refractivity contribution in [2.24, 2.45) is 0 Å². The molecule has 0 unspecified atom stereocenters. The van der Waals surface area contributed by atoms with Crippen LogP contribution in [0.15, 0.2) is 16.4 Å². The first-order valence-electron chi connectivity index (χ1n) is 4.34. The minimum atomic E-state index is -0.591. The van der Waals surface area contributed by atoms with E-state index in [1.54, 1.807) is 5.38 Å². The first kappa shape index (κ1) is 10.6. The number of halogens is 1. The highest BCUT2D eigenvalue weighted by Gasteiger charge is 2.05. The van der Waals surface area contributed by atoms with Crippen LogP contribution in [0.3, 0.4) is 0 Å². The lowest BCUT2D eigenvalue weighted by Gasteiger charge is -2.04. The number of nitrogens with two attached hydrogens (primary N) is 1. The van der Waals surface area contributed by atoms with Crippen molar-refractivity contribution in [3.05, 3.63) is 32.8 Å². The molecule has 8 heteroatoms. The Kier molecular flexibility index (Phi) is 2.82. The van der Waals surface area contributed by atoms with E-state index < -0.39 is 5.82 Å². The SMILES string of the molecule is Nc1ncc(F)c(NCc2csc(=O)[nH]2)n1. The fourth-order valence-electron chi connectivity index (χ4n) is 1.08. The summed E-state index contributed by atoms with van der Waals surface area (Å²) in [7, 11) is 0. The lowest BCUT2D eigenvalue weighted by atomic mass is 10.4. The molecule has 6 nitrogen and oxygen atoms in total. The van der Waals surface area contributed by atoms with E-state index in [-0.39, 0.29) is 23.2 Å². The summed E-state index contributed by atoms with van der Waals surface area (Å²) in [6.45, 7) is 0.270. The molecule has 0 aromatic carbocycles. The number of H-pyrrole nitrogens is 1. The largest absolute Gasteiger partial charge is 0.368 e. The maximum Gasteiger partial charge on any atom is 0.304 e. The fourth-order valence-corrected chi connectivity index (χ4v) is 1.67. The Morgan fingerprint density at radius 2 is 2.44 bits per heavy atom. The Bertz CT molecular complexity index is 551. The van der Waals surface area contributed by atoms with Crippen LogP contribution in [0.5, 0.6) is 0 Å². The molecule has 16 heavy (non-hydrogen) atoms. The average molecular weight is 241 g/mol. The third kappa shape index (κ3) is 2.34. The van der Waals surface area contributed by atoms with Crippen LogP contribution < -0.4 is 15.9 Å². The van der Waals surface area contributed by atoms with Crippen LogP contribution in [0.4, 0.5) is 16.2 Å². The maximum atomic E-state index is 13.2. The Balaban J connectivity index is 2.10. The van der Waals surface area contributed by atoms with Gasteiger partial charge < -0.3 is 16.0 Å². The molecule has 2 aromatic rings. The summed E-state index contributed by atoms with van der Waals surface area (Å²) in [6.07, 6.45) is 0.987. The van der Waals surface area contributed by atoms with Gasteiger partial charge in [0.15, 0.2) is 11.6 Å². The quantitative estimate of drug-likeness (QED) is 0.729. The highest BCUT2D eigenvalue weighted by Crippen LogP contribution is 2.11. The van der Waals surface area contributed by atoms with Crippen molar-refractivity contribution in [2.75, 3.05) is 11.1 Å². The molecule has 0 radical (unpaired) electrons. The smallest absolute Gasteiger partial charge is 0.304 e. The number of nitrogens with one attached hydrogen (secondary N) is 2. The second-order valence-corrected chi connectivity index (χ2v) is 3.79. The van der Waals surface area contributed by atoms with Gasteiger partial charge in [-0.15, -0.1) is 0 Å². The third-order valence-corrected chi connectivity index (χ3v) is 2.50. The predicted octanol–water partition coefficient (Wildman–Crippen LogP) is 0.560. The summed E-state index contributed by atoms with van der Waals surface area (Å²) in [5, 5.41) is 4.36. The number of aromatic nitrogens is 3. The van der Waals surface area contributed by atoms with Crippen molar-refractivity contribution in [3.8, 4) is 0 Å². The molecule has 0 fully saturated rings. The molecule has 0 aliphatic rings. The van der Waals surface area contributed by atoms with Gasteiger partial charge in [-0.2, -0.15) is 4.98 Å². The summed E-state index contributed by atoms with van der Waals surface area (Å²) in [5.74, 6) is -0.589. The van der Waals surface area contributed by atoms with Crippen LogP contribution in [0, 0.1) is 5.82 Å². The van der Waals surface area contributed by atoms with Crippen LogP contribution in [-0.4, -0.2) is 15.0 Å². The minimum absolute atomic E-state index is 0.0114. The van der Waals surface area contributed by atoms with Crippen LogP contribution in [0.25, 0.3) is 0 Å². The Labute approximate surface area is 93.4 Å². The van der Waals surface area contributed by atoms with E-state index in [0.717, 1.165) is 17.5 Å². The zero-order valence-corrected chi connectivity index (χ0v) is 8.84. The van der Waals surface area contributed by atoms with E-state index in [2.05, 4.69) is 20.3 Å². The van der Waals surface area contributed by atoms with Gasteiger partial charge in [0.05, 0.1) is 12.7 Å². The van der Waals surface area contributed by atoms with Crippen LogP contribution >= 0.6 is 11.3 Å². The van der Waals surface area contributed by atoms with Crippen LogP contribution in [0.2, 0.25) is 0 Å². The fraction of sp³-hybridized carbons (Fsp3) is 0.125. The van der Waals surface area contributed by atoms with Crippen molar-refractivity contribution < 1.29 is 4.39 Å². The standard InChI is InChI=1S/C8H8FN5OS/c9-5-2-12-7(10)14-6(5)11-1-4-3-16-8(15)13-4/h2-3H,1H2,(H,13,15)(H3,10,11,12,14). The first-order chi connectivity index (χ1) is 7.65. The number of rotatable bonds is 3. The number of nitrogen functional groups attached to an aromatic ring is 1. The van der Waals surface area contributed by atoms with Gasteiger partial charge in [-0.3, -0.25) is 4.79 Å². The Morgan fingerprint density at radius 3 is 3.12 bits per heavy atom. The topological polar surface area (TPSA) is 96.7 Å². The van der Waals surface area contributed by atoms with Crippen molar-refractivity contribution in [1.82, 2.24) is 15.0 Å². The highest BCUT2D eigenvalue weighted by molar-refractivity contribution is 7.07. The Morgan fingerprint density at radius 1 is 1.62 bits per heavy atom. The van der Waals surface area contributed by atoms with E-state index >= 15 is 0 Å². The zero-order chi connectivity index (χ0) is 11.5. The number of hydrogen-bond acceptors (Lipinski definition) is 6. The van der Waals surface area contributed by atoms with E-state index in [0.29, 0.717) is 5.69 Å². The molecule has 0 saturated heterocycles. The van der Waals surface area contributed by atoms with Crippen molar-refractivity contribution >= 4 is 23.1 Å². The highest BCUT2D eigenvalue weighted by atomic mass is 32.1. The molecular formula is C8H8FN5OS. The van der Waals surface area contributed by atoms with Gasteiger partial charge in [0.2, 0.25) is 5.95 Å². The summed E-state index contributed by atoms with van der Waals surface area (Å²) in [4.78, 5) is 20.4. The molecule has 2 rings (SSSR count). The van der Waals surface area contributed by atoms with Gasteiger partial charge in [0, 0.05) is 11.1 Å². The van der Waals surface area contributed by atoms with Crippen molar-refractivity contribution in [3.63, 3.8) is 0 Å². The number of aromatic amines is 1. The molecule has 0 aliphatic heterocycles. The van der Waals surface area contributed by atoms with Gasteiger partial charge in [-0.25, -0.2) is 9.37 Å². The van der Waals surface area contributed by atoms with Crippen molar-refractivity contribution in [1.29, 1.82) is 0 Å². The number of nitrogens with zero attached hydrogens (tertiary/aromatic N) is 2. The summed E-state index contributed by atoms with van der Waals surface area (Å²) in [5.41, 5.74) is 5.97. The van der Waals surface area contributed by atoms with E-state index in [4.69, 9.17) is 5.73 Å². The van der Waals surface area contributed by atoms with Crippen LogP contribution in [0.1, 0.15) is 5.69 Å². The minimum Gasteiger partial charge on any atom is -0.368 e. The van der Waals surface area contributed by atoms with Gasteiger partial charge in [-0.1, -0.05) is 11.3 Å². The van der Waals surface area contributed by atoms with Gasteiger partial charge in [0.1, 0.15) is 0 Å². The number of anilines is 2. The normalized spacial score (nSPS) is 10.3.